The molecule has 3 heterocycles. The standard InChI is InChI=1S/C51H38N4OS/c1-34(2)29-38-20-12-26-44-48-51(57-50(38)44)47(52-32-53-48)37-19-11-22-40(30-37)56-41-23-13-21-39(31-41)54-33-55(46-28-10-9-27-45(46)54)49-42(35-15-5-3-6-16-35)24-14-25-43(49)36-17-7-4-8-18-36/h3-28,30-32,34H,29H2,1-2H3/i3D,4D,5D,6D,7D,8D,15D,16D,17D,18D. The van der Waals surface area contributed by atoms with Crippen LogP contribution >= 0.6 is 11.3 Å². The molecule has 0 aliphatic heterocycles. The molecular formula is C51H38N4OS. The molecule has 0 spiro atoms. The first-order chi connectivity index (χ1) is 32.2. The van der Waals surface area contributed by atoms with Crippen LogP contribution in [0, 0.1) is 12.2 Å². The topological polar surface area (TPSA) is 43.8 Å². The van der Waals surface area contributed by atoms with Gasteiger partial charge in [0.2, 0.25) is 0 Å². The first-order valence-electron chi connectivity index (χ1n) is 23.5. The van der Waals surface area contributed by atoms with Crippen LogP contribution in [0.5, 0.6) is 11.5 Å². The third-order valence-corrected chi connectivity index (χ3v) is 11.0. The van der Waals surface area contributed by atoms with Crippen LogP contribution in [0.15, 0.2) is 176 Å². The minimum Gasteiger partial charge on any atom is -0.458 e. The van der Waals surface area contributed by atoms with Gasteiger partial charge in [-0.15, -0.1) is 11.3 Å². The van der Waals surface area contributed by atoms with Crippen LogP contribution < -0.4 is 9.30 Å². The minimum atomic E-state index is -0.565. The van der Waals surface area contributed by atoms with Crippen molar-refractivity contribution in [1.29, 1.82) is 0 Å². The van der Waals surface area contributed by atoms with Crippen LogP contribution in [0.2, 0.25) is 0 Å². The lowest BCUT2D eigenvalue weighted by Gasteiger charge is -2.17. The lowest BCUT2D eigenvalue weighted by molar-refractivity contribution is -0.571. The molecule has 7 aromatic carbocycles. The summed E-state index contributed by atoms with van der Waals surface area (Å²) >= 11 is 1.71. The Labute approximate surface area is 349 Å². The van der Waals surface area contributed by atoms with Crippen molar-refractivity contribution in [3.8, 4) is 56.4 Å². The quantitative estimate of drug-likeness (QED) is 0.109. The van der Waals surface area contributed by atoms with Gasteiger partial charge in [-0.25, -0.2) is 9.97 Å². The number of ether oxygens (including phenoxy) is 1. The Morgan fingerprint density at radius 1 is 0.702 bits per heavy atom. The van der Waals surface area contributed by atoms with Gasteiger partial charge in [0.05, 0.1) is 52.0 Å². The number of imidazole rings is 1. The van der Waals surface area contributed by atoms with Gasteiger partial charge in [0, 0.05) is 15.6 Å². The second kappa shape index (κ2) is 14.6. The second-order valence-corrected chi connectivity index (χ2v) is 15.0. The van der Waals surface area contributed by atoms with Crippen molar-refractivity contribution < 1.29 is 23.0 Å². The third-order valence-electron chi connectivity index (χ3n) is 9.77. The molecule has 10 rings (SSSR count). The van der Waals surface area contributed by atoms with E-state index in [2.05, 4.69) is 38.4 Å². The highest BCUT2D eigenvalue weighted by Gasteiger charge is 2.20. The first kappa shape index (κ1) is 25.3. The molecule has 3 aromatic heterocycles. The van der Waals surface area contributed by atoms with E-state index in [9.17, 15) is 0 Å². The third kappa shape index (κ3) is 6.44. The van der Waals surface area contributed by atoms with E-state index in [0.717, 1.165) is 33.3 Å². The highest BCUT2D eigenvalue weighted by Crippen LogP contribution is 2.41. The van der Waals surface area contributed by atoms with Crippen LogP contribution in [0.4, 0.5) is 0 Å². The number of thiophene rings is 1. The van der Waals surface area contributed by atoms with Gasteiger partial charge in [-0.1, -0.05) is 153 Å². The Bertz CT molecular complexity index is 3520. The molecule has 0 aliphatic rings. The van der Waals surface area contributed by atoms with E-state index in [0.29, 0.717) is 34.1 Å². The van der Waals surface area contributed by atoms with Crippen LogP contribution in [0.3, 0.4) is 0 Å². The maximum absolute atomic E-state index is 8.98. The Morgan fingerprint density at radius 2 is 1.39 bits per heavy atom. The summed E-state index contributed by atoms with van der Waals surface area (Å²) in [4.78, 5) is 9.46. The van der Waals surface area contributed by atoms with Crippen LogP contribution in [-0.2, 0) is 6.42 Å². The molecule has 0 aliphatic carbocycles. The minimum absolute atomic E-state index is 0.128. The lowest BCUT2D eigenvalue weighted by Crippen LogP contribution is -2.31. The smallest absolute Gasteiger partial charge is 0.269 e. The molecule has 0 radical (unpaired) electrons. The largest absolute Gasteiger partial charge is 0.458 e. The molecule has 0 fully saturated rings. The van der Waals surface area contributed by atoms with Crippen molar-refractivity contribution in [2.24, 2.45) is 5.92 Å². The zero-order valence-electron chi connectivity index (χ0n) is 40.9. The van der Waals surface area contributed by atoms with Crippen molar-refractivity contribution >= 4 is 42.7 Å². The van der Waals surface area contributed by atoms with Gasteiger partial charge >= 0.3 is 0 Å². The molecule has 5 nitrogen and oxygen atoms in total. The zero-order chi connectivity index (χ0) is 47.0. The van der Waals surface area contributed by atoms with Gasteiger partial charge in [0.15, 0.2) is 0 Å². The summed E-state index contributed by atoms with van der Waals surface area (Å²) < 4.78 is 98.8. The molecule has 6 heteroatoms. The molecule has 0 bridgehead atoms. The summed E-state index contributed by atoms with van der Waals surface area (Å²) in [5.41, 5.74) is 5.99. The molecule has 57 heavy (non-hydrogen) atoms. The zero-order valence-corrected chi connectivity index (χ0v) is 31.7. The van der Waals surface area contributed by atoms with Crippen molar-refractivity contribution in [3.05, 3.63) is 188 Å². The molecule has 0 amide bonds. The fourth-order valence-electron chi connectivity index (χ4n) is 7.37. The fourth-order valence-corrected chi connectivity index (χ4v) is 8.65. The Balaban J connectivity index is 1.11. The summed E-state index contributed by atoms with van der Waals surface area (Å²) in [5.74, 6) is 1.60. The van der Waals surface area contributed by atoms with Gasteiger partial charge in [-0.3, -0.25) is 9.13 Å². The molecule has 0 N–H and O–H groups in total. The molecule has 10 aromatic rings. The van der Waals surface area contributed by atoms with Crippen LogP contribution in [-0.4, -0.2) is 14.5 Å². The van der Waals surface area contributed by atoms with Gasteiger partial charge in [0.1, 0.15) is 17.8 Å². The van der Waals surface area contributed by atoms with E-state index in [4.69, 9.17) is 28.4 Å². The van der Waals surface area contributed by atoms with E-state index in [1.807, 2.05) is 72.8 Å². The maximum atomic E-state index is 8.98. The number of hydrogen-bond acceptors (Lipinski definition) is 4. The molecular weight excluding hydrogens is 717 g/mol. The van der Waals surface area contributed by atoms with Crippen LogP contribution in [0.1, 0.15) is 33.1 Å². The first-order valence-corrected chi connectivity index (χ1v) is 19.3. The molecule has 0 saturated carbocycles. The summed E-state index contributed by atoms with van der Waals surface area (Å²) in [6.07, 6.45) is 5.99. The average molecular weight is 765 g/mol. The number of aromatic nitrogens is 4. The summed E-state index contributed by atoms with van der Waals surface area (Å²) in [6.45, 7) is 4.44. The summed E-state index contributed by atoms with van der Waals surface area (Å²) in [5, 5.41) is 1.12. The van der Waals surface area contributed by atoms with Gasteiger partial charge in [-0.2, -0.15) is 0 Å². The van der Waals surface area contributed by atoms with E-state index in [1.54, 1.807) is 45.0 Å². The lowest BCUT2D eigenvalue weighted by atomic mass is 9.95. The molecule has 0 unspecified atom stereocenters. The van der Waals surface area contributed by atoms with E-state index < -0.39 is 60.4 Å². The van der Waals surface area contributed by atoms with Gasteiger partial charge < -0.3 is 4.74 Å². The fraction of sp³-hybridized carbons (Fsp3) is 0.0784. The highest BCUT2D eigenvalue weighted by molar-refractivity contribution is 7.26. The van der Waals surface area contributed by atoms with E-state index >= 15 is 0 Å². The Kier molecular flexibility index (Phi) is 6.50. The van der Waals surface area contributed by atoms with Gasteiger partial charge in [0.25, 0.3) is 6.33 Å². The molecule has 0 atom stereocenters. The maximum Gasteiger partial charge on any atom is 0.269 e. The number of rotatable bonds is 9. The SMILES string of the molecule is [2H]c1c([2H])c([2H])c(-c2cccc(-c3c([2H])c([2H])c([2H])c([2H])c3[2H])c2-[n+]2[c-]n(-c3cccc(Oc4cccc(-c5ncnc6c5sc5c(CC(C)C)cccc56)c4)c3)c3ccccc32)c([2H])c1[2H]. The predicted molar refractivity (Wildman–Crippen MR) is 233 cm³/mol. The summed E-state index contributed by atoms with van der Waals surface area (Å²) in [6, 6.07) is 28.5. The van der Waals surface area contributed by atoms with E-state index in [1.165, 1.54) is 10.3 Å². The number of fused-ring (bicyclic) bond motifs is 4. The highest BCUT2D eigenvalue weighted by atomic mass is 32.1. The normalized spacial score (nSPS) is 14.0. The predicted octanol–water partition coefficient (Wildman–Crippen LogP) is 12.9. The molecule has 274 valence electrons. The molecule has 0 saturated heterocycles. The van der Waals surface area contributed by atoms with Crippen molar-refractivity contribution in [1.82, 2.24) is 14.5 Å². The summed E-state index contributed by atoms with van der Waals surface area (Å²) in [7, 11) is 0. The van der Waals surface area contributed by atoms with Crippen molar-refractivity contribution in [2.75, 3.05) is 0 Å². The van der Waals surface area contributed by atoms with Gasteiger partial charge in [-0.05, 0) is 70.5 Å². The second-order valence-electron chi connectivity index (χ2n) is 14.0. The monoisotopic (exact) mass is 764 g/mol. The average Bonchev–Trinajstić information content (AvgIpc) is 3.91. The van der Waals surface area contributed by atoms with E-state index in [-0.39, 0.29) is 27.9 Å². The van der Waals surface area contributed by atoms with Crippen LogP contribution in [0.25, 0.3) is 76.2 Å². The Morgan fingerprint density at radius 3 is 2.14 bits per heavy atom. The Hall–Kier alpha value is -6.89. The van der Waals surface area contributed by atoms with Crippen molar-refractivity contribution in [2.45, 2.75) is 20.3 Å². The number of para-hydroxylation sites is 3. The number of hydrogen-bond donors (Lipinski definition) is 0. The number of benzene rings is 7. The van der Waals surface area contributed by atoms with Crippen molar-refractivity contribution in [3.63, 3.8) is 0 Å². The number of nitrogens with zero attached hydrogens (tertiary/aromatic N) is 4.